The van der Waals surface area contributed by atoms with Crippen molar-refractivity contribution in [1.29, 1.82) is 0 Å². The Balaban J connectivity index is 1.84. The summed E-state index contributed by atoms with van der Waals surface area (Å²) in [6, 6.07) is 10.5. The molecular formula is C23H27FO4. The van der Waals surface area contributed by atoms with E-state index in [9.17, 15) is 14.0 Å². The molecular weight excluding hydrogens is 359 g/mol. The molecule has 0 aliphatic heterocycles. The predicted molar refractivity (Wildman–Crippen MR) is 107 cm³/mol. The van der Waals surface area contributed by atoms with Gasteiger partial charge in [-0.3, -0.25) is 4.79 Å². The molecule has 0 aliphatic rings. The third kappa shape index (κ3) is 6.80. The van der Waals surface area contributed by atoms with Crippen molar-refractivity contribution in [3.63, 3.8) is 0 Å². The van der Waals surface area contributed by atoms with E-state index in [2.05, 4.69) is 6.92 Å². The van der Waals surface area contributed by atoms with Gasteiger partial charge in [0.2, 0.25) is 0 Å². The lowest BCUT2D eigenvalue weighted by molar-refractivity contribution is -0.134. The van der Waals surface area contributed by atoms with E-state index in [0.29, 0.717) is 11.1 Å². The topological polar surface area (TPSA) is 63.6 Å². The van der Waals surface area contributed by atoms with Gasteiger partial charge in [0, 0.05) is 6.42 Å². The average Bonchev–Trinajstić information content (AvgIpc) is 2.69. The molecule has 28 heavy (non-hydrogen) atoms. The van der Waals surface area contributed by atoms with E-state index >= 15 is 0 Å². The molecule has 1 N–H and O–H groups in total. The van der Waals surface area contributed by atoms with Crippen LogP contribution in [0.15, 0.2) is 42.5 Å². The van der Waals surface area contributed by atoms with Crippen molar-refractivity contribution in [3.8, 4) is 16.9 Å². The lowest BCUT2D eigenvalue weighted by atomic mass is 10.0. The molecule has 150 valence electrons. The van der Waals surface area contributed by atoms with Crippen molar-refractivity contribution in [2.24, 2.45) is 0 Å². The molecule has 2 rings (SSSR count). The van der Waals surface area contributed by atoms with Crippen LogP contribution in [0.1, 0.15) is 68.6 Å². The summed E-state index contributed by atoms with van der Waals surface area (Å²) in [7, 11) is 0. The van der Waals surface area contributed by atoms with Crippen LogP contribution in [-0.4, -0.2) is 17.0 Å². The number of carboxylic acid groups (broad SMARTS) is 1. The number of hydrogen-bond donors (Lipinski definition) is 1. The number of unbranched alkanes of at least 4 members (excludes halogenated alkanes) is 6. The predicted octanol–water partition coefficient (Wildman–Crippen LogP) is 6.24. The van der Waals surface area contributed by atoms with Gasteiger partial charge in [0.25, 0.3) is 0 Å². The molecule has 2 aromatic rings. The minimum absolute atomic E-state index is 0.0844. The van der Waals surface area contributed by atoms with Crippen molar-refractivity contribution in [2.45, 2.75) is 58.3 Å². The number of carbonyl (C=O) groups excluding carboxylic acids is 1. The first-order valence-electron chi connectivity index (χ1n) is 9.85. The Hall–Kier alpha value is -2.69. The van der Waals surface area contributed by atoms with Gasteiger partial charge in [-0.25, -0.2) is 9.18 Å². The molecule has 0 radical (unpaired) electrons. The fourth-order valence-corrected chi connectivity index (χ4v) is 2.97. The number of halogens is 1. The highest BCUT2D eigenvalue weighted by Crippen LogP contribution is 2.26. The minimum Gasteiger partial charge on any atom is -0.478 e. The van der Waals surface area contributed by atoms with Crippen molar-refractivity contribution >= 4 is 11.9 Å². The Labute approximate surface area is 165 Å². The van der Waals surface area contributed by atoms with E-state index in [1.54, 1.807) is 18.2 Å². The Morgan fingerprint density at radius 3 is 2.11 bits per heavy atom. The molecule has 0 saturated heterocycles. The number of aromatic carboxylic acids is 1. The maximum absolute atomic E-state index is 14.3. The lowest BCUT2D eigenvalue weighted by Gasteiger charge is -2.08. The van der Waals surface area contributed by atoms with Gasteiger partial charge in [-0.2, -0.15) is 0 Å². The molecule has 0 unspecified atom stereocenters. The Morgan fingerprint density at radius 2 is 1.50 bits per heavy atom. The quantitative estimate of drug-likeness (QED) is 0.282. The third-order valence-electron chi connectivity index (χ3n) is 4.61. The molecule has 4 nitrogen and oxygen atoms in total. The smallest absolute Gasteiger partial charge is 0.335 e. The Bertz CT molecular complexity index is 784. The van der Waals surface area contributed by atoms with Crippen LogP contribution < -0.4 is 4.74 Å². The van der Waals surface area contributed by atoms with E-state index in [1.807, 2.05) is 0 Å². The first-order valence-corrected chi connectivity index (χ1v) is 9.85. The first kappa shape index (κ1) is 21.6. The summed E-state index contributed by atoms with van der Waals surface area (Å²) in [5, 5.41) is 8.93. The minimum atomic E-state index is -1.01. The van der Waals surface area contributed by atoms with Gasteiger partial charge in [-0.15, -0.1) is 0 Å². The summed E-state index contributed by atoms with van der Waals surface area (Å²) < 4.78 is 19.4. The Morgan fingerprint density at radius 1 is 0.893 bits per heavy atom. The standard InChI is InChI=1S/C23H27FO4/c1-2-3-4-5-6-7-8-9-22(25)28-21-15-14-19(16-20(21)24)17-10-12-18(13-11-17)23(26)27/h10-16H,2-9H2,1H3,(H,26,27). The van der Waals surface area contributed by atoms with Crippen molar-refractivity contribution in [3.05, 3.63) is 53.8 Å². The summed E-state index contributed by atoms with van der Waals surface area (Å²) in [4.78, 5) is 22.8. The fourth-order valence-electron chi connectivity index (χ4n) is 2.97. The number of carboxylic acids is 1. The van der Waals surface area contributed by atoms with Crippen LogP contribution in [-0.2, 0) is 4.79 Å². The van der Waals surface area contributed by atoms with Gasteiger partial charge in [0.15, 0.2) is 11.6 Å². The molecule has 0 fully saturated rings. The SMILES string of the molecule is CCCCCCCCCC(=O)Oc1ccc(-c2ccc(C(=O)O)cc2)cc1F. The van der Waals surface area contributed by atoms with Crippen LogP contribution in [0.4, 0.5) is 4.39 Å². The van der Waals surface area contributed by atoms with Crippen molar-refractivity contribution < 1.29 is 23.8 Å². The highest BCUT2D eigenvalue weighted by molar-refractivity contribution is 5.88. The summed E-state index contributed by atoms with van der Waals surface area (Å²) in [5.41, 5.74) is 1.44. The van der Waals surface area contributed by atoms with Crippen molar-refractivity contribution in [1.82, 2.24) is 0 Å². The van der Waals surface area contributed by atoms with Gasteiger partial charge in [0.1, 0.15) is 0 Å². The van der Waals surface area contributed by atoms with E-state index in [4.69, 9.17) is 9.84 Å². The molecule has 0 aromatic heterocycles. The zero-order valence-corrected chi connectivity index (χ0v) is 16.2. The number of carbonyl (C=O) groups is 2. The summed E-state index contributed by atoms with van der Waals surface area (Å²) in [6.07, 6.45) is 8.01. The van der Waals surface area contributed by atoms with Crippen LogP contribution in [0, 0.1) is 5.82 Å². The monoisotopic (exact) mass is 386 g/mol. The fraction of sp³-hybridized carbons (Fsp3) is 0.391. The van der Waals surface area contributed by atoms with Crippen molar-refractivity contribution in [2.75, 3.05) is 0 Å². The zero-order valence-electron chi connectivity index (χ0n) is 16.2. The average molecular weight is 386 g/mol. The van der Waals surface area contributed by atoms with E-state index in [-0.39, 0.29) is 17.7 Å². The van der Waals surface area contributed by atoms with Gasteiger partial charge >= 0.3 is 11.9 Å². The Kier molecular flexibility index (Phi) is 8.66. The number of ether oxygens (including phenoxy) is 1. The van der Waals surface area contributed by atoms with Crippen LogP contribution >= 0.6 is 0 Å². The summed E-state index contributed by atoms with van der Waals surface area (Å²) in [5.74, 6) is -2.14. The maximum atomic E-state index is 14.3. The second kappa shape index (κ2) is 11.2. The van der Waals surface area contributed by atoms with Gasteiger partial charge in [0.05, 0.1) is 5.56 Å². The maximum Gasteiger partial charge on any atom is 0.335 e. The molecule has 0 spiro atoms. The lowest BCUT2D eigenvalue weighted by Crippen LogP contribution is -2.08. The zero-order chi connectivity index (χ0) is 20.4. The molecule has 0 aliphatic carbocycles. The number of esters is 1. The van der Waals surface area contributed by atoms with Gasteiger partial charge in [-0.05, 0) is 41.8 Å². The highest BCUT2D eigenvalue weighted by Gasteiger charge is 2.11. The molecule has 0 heterocycles. The second-order valence-corrected chi connectivity index (χ2v) is 6.87. The second-order valence-electron chi connectivity index (χ2n) is 6.87. The van der Waals surface area contributed by atoms with E-state index in [1.165, 1.54) is 49.9 Å². The molecule has 0 bridgehead atoms. The molecule has 0 amide bonds. The van der Waals surface area contributed by atoms with Gasteiger partial charge in [-0.1, -0.05) is 63.6 Å². The number of benzene rings is 2. The number of hydrogen-bond acceptors (Lipinski definition) is 3. The van der Waals surface area contributed by atoms with Crippen LogP contribution in [0.2, 0.25) is 0 Å². The van der Waals surface area contributed by atoms with Gasteiger partial charge < -0.3 is 9.84 Å². The van der Waals surface area contributed by atoms with Crippen LogP contribution in [0.25, 0.3) is 11.1 Å². The number of rotatable bonds is 11. The first-order chi connectivity index (χ1) is 13.5. The molecule has 0 saturated carbocycles. The van der Waals surface area contributed by atoms with E-state index < -0.39 is 17.8 Å². The van der Waals surface area contributed by atoms with Crippen LogP contribution in [0.3, 0.4) is 0 Å². The van der Waals surface area contributed by atoms with E-state index in [0.717, 1.165) is 19.3 Å². The molecule has 5 heteroatoms. The highest BCUT2D eigenvalue weighted by atomic mass is 19.1. The summed E-state index contributed by atoms with van der Waals surface area (Å²) in [6.45, 7) is 2.18. The van der Waals surface area contributed by atoms with Crippen LogP contribution in [0.5, 0.6) is 5.75 Å². The molecule has 2 aromatic carbocycles. The summed E-state index contributed by atoms with van der Waals surface area (Å²) >= 11 is 0. The third-order valence-corrected chi connectivity index (χ3v) is 4.61. The molecule has 0 atom stereocenters. The normalized spacial score (nSPS) is 10.6. The largest absolute Gasteiger partial charge is 0.478 e.